The average molecular weight is 274 g/mol. The molecule has 20 heavy (non-hydrogen) atoms. The largest absolute Gasteiger partial charge is 0.497 e. The summed E-state index contributed by atoms with van der Waals surface area (Å²) in [4.78, 5) is 2.11. The van der Waals surface area contributed by atoms with Gasteiger partial charge in [0, 0.05) is 12.6 Å². The minimum Gasteiger partial charge on any atom is -0.497 e. The number of hydrogen-bond acceptors (Lipinski definition) is 4. The predicted molar refractivity (Wildman–Crippen MR) is 77.4 cm³/mol. The summed E-state index contributed by atoms with van der Waals surface area (Å²) in [6.45, 7) is 0.886. The molecule has 1 aliphatic rings. The molecule has 1 aliphatic carbocycles. The van der Waals surface area contributed by atoms with Crippen LogP contribution in [0.2, 0.25) is 0 Å². The van der Waals surface area contributed by atoms with Crippen LogP contribution in [0, 0.1) is 11.3 Å². The van der Waals surface area contributed by atoms with Crippen LogP contribution in [-0.2, 0) is 0 Å². The lowest BCUT2D eigenvalue weighted by molar-refractivity contribution is 0.0966. The molecule has 0 saturated heterocycles. The molecule has 4 nitrogen and oxygen atoms in total. The smallest absolute Gasteiger partial charge is 0.119 e. The highest BCUT2D eigenvalue weighted by atomic mass is 16.5. The number of aliphatic hydroxyl groups excluding tert-OH is 1. The van der Waals surface area contributed by atoms with Crippen molar-refractivity contribution in [3.05, 3.63) is 29.8 Å². The van der Waals surface area contributed by atoms with Crippen molar-refractivity contribution in [3.8, 4) is 11.8 Å². The predicted octanol–water partition coefficient (Wildman–Crippen LogP) is 2.50. The molecule has 0 aromatic heterocycles. The summed E-state index contributed by atoms with van der Waals surface area (Å²) in [6, 6.07) is 10.1. The van der Waals surface area contributed by atoms with E-state index in [0.717, 1.165) is 24.2 Å². The fraction of sp³-hybridized carbons (Fsp3) is 0.562. The third kappa shape index (κ3) is 3.72. The maximum Gasteiger partial charge on any atom is 0.119 e. The average Bonchev–Trinajstić information content (AvgIpc) is 3.01. The van der Waals surface area contributed by atoms with Crippen LogP contribution in [0.4, 0.5) is 0 Å². The van der Waals surface area contributed by atoms with E-state index in [1.165, 1.54) is 12.8 Å². The molecule has 1 unspecified atom stereocenters. The first-order chi connectivity index (χ1) is 9.74. The lowest BCUT2D eigenvalue weighted by Gasteiger charge is -2.28. The van der Waals surface area contributed by atoms with E-state index < -0.39 is 6.10 Å². The molecule has 1 saturated carbocycles. The van der Waals surface area contributed by atoms with Gasteiger partial charge < -0.3 is 9.84 Å². The molecule has 0 heterocycles. The van der Waals surface area contributed by atoms with E-state index in [-0.39, 0.29) is 0 Å². The highest BCUT2D eigenvalue weighted by molar-refractivity contribution is 5.30. The molecule has 0 bridgehead atoms. The number of nitriles is 1. The van der Waals surface area contributed by atoms with Crippen LogP contribution < -0.4 is 4.74 Å². The van der Waals surface area contributed by atoms with Gasteiger partial charge in [-0.05, 0) is 30.5 Å². The molecule has 1 atom stereocenters. The highest BCUT2D eigenvalue weighted by Crippen LogP contribution is 2.26. The van der Waals surface area contributed by atoms with Crippen molar-refractivity contribution in [3.63, 3.8) is 0 Å². The van der Waals surface area contributed by atoms with Crippen LogP contribution in [0.1, 0.15) is 37.4 Å². The number of hydrogen-bond donors (Lipinski definition) is 1. The third-order valence-corrected chi connectivity index (χ3v) is 4.00. The molecule has 1 aromatic carbocycles. The Hall–Kier alpha value is -1.57. The fourth-order valence-corrected chi connectivity index (χ4v) is 2.88. The maximum absolute atomic E-state index is 10.4. The van der Waals surface area contributed by atoms with E-state index in [1.807, 2.05) is 24.3 Å². The Labute approximate surface area is 120 Å². The number of aliphatic hydroxyl groups is 1. The van der Waals surface area contributed by atoms with Gasteiger partial charge in [0.25, 0.3) is 0 Å². The molecular weight excluding hydrogens is 252 g/mol. The van der Waals surface area contributed by atoms with Gasteiger partial charge in [-0.3, -0.25) is 4.90 Å². The summed E-state index contributed by atoms with van der Waals surface area (Å²) in [5.74, 6) is 0.745. The van der Waals surface area contributed by atoms with Gasteiger partial charge in [0.2, 0.25) is 0 Å². The zero-order valence-electron chi connectivity index (χ0n) is 12.0. The van der Waals surface area contributed by atoms with Crippen molar-refractivity contribution in [2.45, 2.75) is 37.8 Å². The van der Waals surface area contributed by atoms with Crippen molar-refractivity contribution in [2.24, 2.45) is 0 Å². The number of ether oxygens (including phenoxy) is 1. The Morgan fingerprint density at radius 2 is 2.20 bits per heavy atom. The second kappa shape index (κ2) is 7.28. The number of rotatable bonds is 6. The first kappa shape index (κ1) is 14.8. The van der Waals surface area contributed by atoms with Crippen LogP contribution in [0.5, 0.6) is 5.75 Å². The Kier molecular flexibility index (Phi) is 5.40. The van der Waals surface area contributed by atoms with E-state index >= 15 is 0 Å². The monoisotopic (exact) mass is 274 g/mol. The zero-order valence-corrected chi connectivity index (χ0v) is 12.0. The zero-order chi connectivity index (χ0) is 14.4. The van der Waals surface area contributed by atoms with Gasteiger partial charge in [0.1, 0.15) is 5.75 Å². The van der Waals surface area contributed by atoms with Gasteiger partial charge in [0.15, 0.2) is 0 Å². The van der Waals surface area contributed by atoms with Crippen molar-refractivity contribution < 1.29 is 9.84 Å². The number of methoxy groups -OCH3 is 1. The Bertz CT molecular complexity index is 464. The lowest BCUT2D eigenvalue weighted by Crippen LogP contribution is -2.37. The summed E-state index contributed by atoms with van der Waals surface area (Å²) in [7, 11) is 1.62. The lowest BCUT2D eigenvalue weighted by atomic mass is 10.1. The van der Waals surface area contributed by atoms with Crippen LogP contribution in [0.3, 0.4) is 0 Å². The molecule has 108 valence electrons. The molecule has 0 aliphatic heterocycles. The minimum absolute atomic E-state index is 0.381. The van der Waals surface area contributed by atoms with Gasteiger partial charge in [-0.2, -0.15) is 5.26 Å². The Morgan fingerprint density at radius 3 is 2.85 bits per heavy atom. The van der Waals surface area contributed by atoms with Gasteiger partial charge in [0.05, 0.1) is 25.8 Å². The van der Waals surface area contributed by atoms with Crippen molar-refractivity contribution in [2.75, 3.05) is 20.2 Å². The second-order valence-corrected chi connectivity index (χ2v) is 5.32. The van der Waals surface area contributed by atoms with E-state index in [4.69, 9.17) is 10.00 Å². The molecule has 0 amide bonds. The van der Waals surface area contributed by atoms with Crippen molar-refractivity contribution >= 4 is 0 Å². The normalized spacial score (nSPS) is 17.1. The van der Waals surface area contributed by atoms with Gasteiger partial charge in [-0.25, -0.2) is 0 Å². The number of nitrogens with zero attached hydrogens (tertiary/aromatic N) is 2. The van der Waals surface area contributed by atoms with Crippen LogP contribution in [0.15, 0.2) is 24.3 Å². The fourth-order valence-electron chi connectivity index (χ4n) is 2.88. The molecule has 2 rings (SSSR count). The van der Waals surface area contributed by atoms with Crippen LogP contribution in [-0.4, -0.2) is 36.2 Å². The van der Waals surface area contributed by atoms with Crippen molar-refractivity contribution in [1.82, 2.24) is 4.90 Å². The van der Waals surface area contributed by atoms with Gasteiger partial charge in [-0.15, -0.1) is 0 Å². The quantitative estimate of drug-likeness (QED) is 0.810. The van der Waals surface area contributed by atoms with E-state index in [9.17, 15) is 5.11 Å². The van der Waals surface area contributed by atoms with E-state index in [0.29, 0.717) is 19.1 Å². The summed E-state index contributed by atoms with van der Waals surface area (Å²) < 4.78 is 5.18. The standard InChI is InChI=1S/C16H22N2O2/c1-20-15-8-4-5-13(11-15)16(19)12-18(10-9-17)14-6-2-3-7-14/h4-5,8,11,14,16,19H,2-3,6-7,10,12H2,1H3. The maximum atomic E-state index is 10.4. The first-order valence-corrected chi connectivity index (χ1v) is 7.17. The summed E-state index contributed by atoms with van der Waals surface area (Å²) in [5, 5.41) is 19.4. The molecular formula is C16H22N2O2. The summed E-state index contributed by atoms with van der Waals surface area (Å²) in [5.41, 5.74) is 0.838. The third-order valence-electron chi connectivity index (χ3n) is 4.00. The van der Waals surface area contributed by atoms with Gasteiger partial charge >= 0.3 is 0 Å². The van der Waals surface area contributed by atoms with E-state index in [1.54, 1.807) is 7.11 Å². The summed E-state index contributed by atoms with van der Waals surface area (Å²) >= 11 is 0. The highest BCUT2D eigenvalue weighted by Gasteiger charge is 2.24. The molecule has 4 heteroatoms. The SMILES string of the molecule is COc1cccc(C(O)CN(CC#N)C2CCCC2)c1. The Balaban J connectivity index is 2.03. The molecule has 0 spiro atoms. The van der Waals surface area contributed by atoms with Crippen LogP contribution >= 0.6 is 0 Å². The molecule has 1 fully saturated rings. The Morgan fingerprint density at radius 1 is 1.45 bits per heavy atom. The topological polar surface area (TPSA) is 56.5 Å². The second-order valence-electron chi connectivity index (χ2n) is 5.32. The summed E-state index contributed by atoms with van der Waals surface area (Å²) in [6.07, 6.45) is 4.13. The van der Waals surface area contributed by atoms with Crippen LogP contribution in [0.25, 0.3) is 0 Å². The first-order valence-electron chi connectivity index (χ1n) is 7.17. The molecule has 1 N–H and O–H groups in total. The van der Waals surface area contributed by atoms with Crippen molar-refractivity contribution in [1.29, 1.82) is 5.26 Å². The van der Waals surface area contributed by atoms with E-state index in [2.05, 4.69) is 11.0 Å². The number of benzene rings is 1. The van der Waals surface area contributed by atoms with Gasteiger partial charge in [-0.1, -0.05) is 25.0 Å². The molecule has 0 radical (unpaired) electrons. The minimum atomic E-state index is -0.584. The molecule has 1 aromatic rings.